The predicted octanol–water partition coefficient (Wildman–Crippen LogP) is 3.34. The van der Waals surface area contributed by atoms with Crippen molar-refractivity contribution in [1.82, 2.24) is 9.97 Å². The van der Waals surface area contributed by atoms with Crippen molar-refractivity contribution in [3.8, 4) is 5.75 Å². The van der Waals surface area contributed by atoms with Crippen molar-refractivity contribution in [3.05, 3.63) is 41.1 Å². The maximum Gasteiger partial charge on any atom is 0.165 e. The smallest absolute Gasteiger partial charge is 0.165 e. The van der Waals surface area contributed by atoms with Crippen LogP contribution in [0, 0.1) is 0 Å². The van der Waals surface area contributed by atoms with Gasteiger partial charge in [0.1, 0.15) is 5.75 Å². The van der Waals surface area contributed by atoms with Crippen LogP contribution in [0.15, 0.2) is 46.3 Å². The fraction of sp³-hybridized carbons (Fsp3) is 0.182. The van der Waals surface area contributed by atoms with E-state index in [4.69, 9.17) is 4.74 Å². The molecular formula is C11H11BrN2OS. The van der Waals surface area contributed by atoms with Crippen LogP contribution in [0.4, 0.5) is 0 Å². The molecule has 1 heterocycles. The number of hydrogen-bond acceptors (Lipinski definition) is 3. The molecule has 0 saturated carbocycles. The molecular weight excluding hydrogens is 288 g/mol. The summed E-state index contributed by atoms with van der Waals surface area (Å²) in [5, 5.41) is 0.929. The summed E-state index contributed by atoms with van der Waals surface area (Å²) in [6.07, 6.45) is 3.56. The molecule has 0 amide bonds. The minimum Gasteiger partial charge on any atom is -0.493 e. The Morgan fingerprint density at radius 2 is 2.38 bits per heavy atom. The van der Waals surface area contributed by atoms with Crippen molar-refractivity contribution in [2.24, 2.45) is 0 Å². The first kappa shape index (κ1) is 11.5. The SMILES string of the molecule is Brc1cccc(OCCSc2ncc[nH]2)c1. The Hall–Kier alpha value is -0.940. The topological polar surface area (TPSA) is 37.9 Å². The maximum absolute atomic E-state index is 5.59. The highest BCUT2D eigenvalue weighted by atomic mass is 79.9. The molecule has 0 spiro atoms. The zero-order chi connectivity index (χ0) is 11.2. The van der Waals surface area contributed by atoms with Gasteiger partial charge in [-0.1, -0.05) is 33.8 Å². The number of aromatic amines is 1. The Labute approximate surface area is 107 Å². The molecule has 1 N–H and O–H groups in total. The third kappa shape index (κ3) is 3.57. The first-order valence-electron chi connectivity index (χ1n) is 4.85. The lowest BCUT2D eigenvalue weighted by molar-refractivity contribution is 0.343. The average Bonchev–Trinajstić information content (AvgIpc) is 2.77. The number of nitrogens with zero attached hydrogens (tertiary/aromatic N) is 1. The summed E-state index contributed by atoms with van der Waals surface area (Å²) in [5.74, 6) is 1.76. The van der Waals surface area contributed by atoms with Crippen LogP contribution in [0.1, 0.15) is 0 Å². The molecule has 0 atom stereocenters. The molecule has 84 valence electrons. The van der Waals surface area contributed by atoms with E-state index in [1.54, 1.807) is 18.0 Å². The van der Waals surface area contributed by atoms with Gasteiger partial charge in [0.05, 0.1) is 6.61 Å². The number of halogens is 1. The Kier molecular flexibility index (Phi) is 4.30. The number of rotatable bonds is 5. The van der Waals surface area contributed by atoms with E-state index in [1.807, 2.05) is 30.5 Å². The van der Waals surface area contributed by atoms with E-state index in [9.17, 15) is 0 Å². The highest BCUT2D eigenvalue weighted by Gasteiger charge is 1.97. The van der Waals surface area contributed by atoms with Crippen molar-refractivity contribution < 1.29 is 4.74 Å². The van der Waals surface area contributed by atoms with Crippen molar-refractivity contribution in [2.75, 3.05) is 12.4 Å². The zero-order valence-electron chi connectivity index (χ0n) is 8.52. The second-order valence-electron chi connectivity index (χ2n) is 3.05. The molecule has 2 aromatic rings. The summed E-state index contributed by atoms with van der Waals surface area (Å²) in [6.45, 7) is 0.668. The van der Waals surface area contributed by atoms with Crippen LogP contribution in [0.5, 0.6) is 5.75 Å². The zero-order valence-corrected chi connectivity index (χ0v) is 10.9. The second kappa shape index (κ2) is 5.96. The van der Waals surface area contributed by atoms with Crippen LogP contribution in [-0.4, -0.2) is 22.3 Å². The lowest BCUT2D eigenvalue weighted by Gasteiger charge is -2.05. The number of ether oxygens (including phenoxy) is 1. The van der Waals surface area contributed by atoms with Gasteiger partial charge in [-0.3, -0.25) is 0 Å². The van der Waals surface area contributed by atoms with Crippen molar-refractivity contribution in [2.45, 2.75) is 5.16 Å². The van der Waals surface area contributed by atoms with Gasteiger partial charge in [-0.25, -0.2) is 4.98 Å². The fourth-order valence-corrected chi connectivity index (χ4v) is 2.21. The Bertz CT molecular complexity index is 433. The highest BCUT2D eigenvalue weighted by Crippen LogP contribution is 2.18. The summed E-state index contributed by atoms with van der Waals surface area (Å²) in [7, 11) is 0. The maximum atomic E-state index is 5.59. The van der Waals surface area contributed by atoms with Crippen molar-refractivity contribution >= 4 is 27.7 Å². The van der Waals surface area contributed by atoms with Crippen LogP contribution in [0.3, 0.4) is 0 Å². The molecule has 0 aliphatic rings. The number of thioether (sulfide) groups is 1. The molecule has 3 nitrogen and oxygen atoms in total. The third-order valence-electron chi connectivity index (χ3n) is 1.86. The van der Waals surface area contributed by atoms with E-state index >= 15 is 0 Å². The van der Waals surface area contributed by atoms with Crippen molar-refractivity contribution in [1.29, 1.82) is 0 Å². The van der Waals surface area contributed by atoms with Gasteiger partial charge in [-0.15, -0.1) is 0 Å². The van der Waals surface area contributed by atoms with E-state index < -0.39 is 0 Å². The van der Waals surface area contributed by atoms with Gasteiger partial charge in [0.25, 0.3) is 0 Å². The van der Waals surface area contributed by atoms with Crippen LogP contribution < -0.4 is 4.74 Å². The Morgan fingerprint density at radius 1 is 1.44 bits per heavy atom. The van der Waals surface area contributed by atoms with Crippen LogP contribution in [-0.2, 0) is 0 Å². The molecule has 1 aromatic carbocycles. The molecule has 16 heavy (non-hydrogen) atoms. The van der Waals surface area contributed by atoms with Crippen molar-refractivity contribution in [3.63, 3.8) is 0 Å². The number of aromatic nitrogens is 2. The number of nitrogens with one attached hydrogen (secondary N) is 1. The largest absolute Gasteiger partial charge is 0.493 e. The van der Waals surface area contributed by atoms with E-state index in [0.717, 1.165) is 21.1 Å². The first-order valence-corrected chi connectivity index (χ1v) is 6.63. The Balaban J connectivity index is 1.72. The van der Waals surface area contributed by atoms with Gasteiger partial charge in [0, 0.05) is 22.6 Å². The molecule has 0 saturated heterocycles. The molecule has 0 fully saturated rings. The summed E-state index contributed by atoms with van der Waals surface area (Å²) in [4.78, 5) is 7.15. The summed E-state index contributed by atoms with van der Waals surface area (Å²) >= 11 is 5.05. The molecule has 0 aliphatic carbocycles. The van der Waals surface area contributed by atoms with E-state index in [2.05, 4.69) is 25.9 Å². The van der Waals surface area contributed by atoms with Gasteiger partial charge in [-0.2, -0.15) is 0 Å². The molecule has 2 rings (SSSR count). The van der Waals surface area contributed by atoms with Gasteiger partial charge in [0.2, 0.25) is 0 Å². The molecule has 5 heteroatoms. The quantitative estimate of drug-likeness (QED) is 0.679. The minimum atomic E-state index is 0.668. The Morgan fingerprint density at radius 3 is 3.12 bits per heavy atom. The average molecular weight is 299 g/mol. The van der Waals surface area contributed by atoms with Crippen LogP contribution >= 0.6 is 27.7 Å². The number of imidazole rings is 1. The molecule has 0 radical (unpaired) electrons. The summed E-state index contributed by atoms with van der Waals surface area (Å²) in [5.41, 5.74) is 0. The molecule has 1 aromatic heterocycles. The summed E-state index contributed by atoms with van der Waals surface area (Å²) < 4.78 is 6.62. The second-order valence-corrected chi connectivity index (χ2v) is 5.05. The van der Waals surface area contributed by atoms with Gasteiger partial charge in [-0.05, 0) is 18.2 Å². The molecule has 0 bridgehead atoms. The van der Waals surface area contributed by atoms with Crippen LogP contribution in [0.25, 0.3) is 0 Å². The normalized spacial score (nSPS) is 10.3. The van der Waals surface area contributed by atoms with Gasteiger partial charge in [0.15, 0.2) is 5.16 Å². The van der Waals surface area contributed by atoms with Gasteiger partial charge < -0.3 is 9.72 Å². The number of hydrogen-bond donors (Lipinski definition) is 1. The number of benzene rings is 1. The van der Waals surface area contributed by atoms with Crippen LogP contribution in [0.2, 0.25) is 0 Å². The summed E-state index contributed by atoms with van der Waals surface area (Å²) in [6, 6.07) is 7.84. The predicted molar refractivity (Wildman–Crippen MR) is 68.9 cm³/mol. The highest BCUT2D eigenvalue weighted by molar-refractivity contribution is 9.10. The first-order chi connectivity index (χ1) is 7.84. The van der Waals surface area contributed by atoms with E-state index in [-0.39, 0.29) is 0 Å². The third-order valence-corrected chi connectivity index (χ3v) is 3.22. The fourth-order valence-electron chi connectivity index (χ4n) is 1.18. The van der Waals surface area contributed by atoms with E-state index in [0.29, 0.717) is 6.61 Å². The van der Waals surface area contributed by atoms with Gasteiger partial charge >= 0.3 is 0 Å². The van der Waals surface area contributed by atoms with E-state index in [1.165, 1.54) is 0 Å². The minimum absolute atomic E-state index is 0.668. The number of H-pyrrole nitrogens is 1. The standard InChI is InChI=1S/C11H11BrN2OS/c12-9-2-1-3-10(8-9)15-6-7-16-11-13-4-5-14-11/h1-5,8H,6-7H2,(H,13,14). The molecule has 0 aliphatic heterocycles. The lowest BCUT2D eigenvalue weighted by Crippen LogP contribution is -2.00. The lowest BCUT2D eigenvalue weighted by atomic mass is 10.3. The molecule has 0 unspecified atom stereocenters. The monoisotopic (exact) mass is 298 g/mol.